The zero-order chi connectivity index (χ0) is 81.3. The summed E-state index contributed by atoms with van der Waals surface area (Å²) >= 11 is 0. The van der Waals surface area contributed by atoms with Gasteiger partial charge in [-0.2, -0.15) is 0 Å². The molecule has 0 unspecified atom stereocenters. The number of unbranched alkanes of at least 4 members (excludes halogenated alkanes) is 48. The number of hydrogen-bond acceptors (Lipinski definition) is 6. The van der Waals surface area contributed by atoms with Gasteiger partial charge < -0.3 is 28.9 Å². The number of ether oxygens (including phenoxy) is 4. The number of fused-ring (bicyclic) bond motifs is 8. The monoisotopic (exact) mass is 1580 g/mol. The third-order valence-electron chi connectivity index (χ3n) is 25.2. The number of benzene rings is 4. The van der Waals surface area contributed by atoms with Gasteiger partial charge in [0, 0.05) is 66.6 Å². The first-order chi connectivity index (χ1) is 57.3. The number of nitrogens with one attached hydrogen (secondary N) is 2. The molecule has 634 valence electrons. The number of aromatic nitrogens is 4. The number of H-pyrrole nitrogens is 2. The van der Waals surface area contributed by atoms with Crippen molar-refractivity contribution in [1.29, 1.82) is 0 Å². The first kappa shape index (κ1) is 92.6. The van der Waals surface area contributed by atoms with Crippen molar-refractivity contribution < 1.29 is 18.9 Å². The van der Waals surface area contributed by atoms with E-state index in [4.69, 9.17) is 28.9 Å². The Bertz CT molecular complexity index is 3630. The normalized spacial score (nSPS) is 11.9. The fraction of sp³-hybridized carbons (Fsp3) is 0.593. The highest BCUT2D eigenvalue weighted by Gasteiger charge is 2.25. The molecule has 2 aliphatic rings. The molecule has 5 heterocycles. The van der Waals surface area contributed by atoms with E-state index < -0.39 is 0 Å². The second kappa shape index (κ2) is 55.4. The van der Waals surface area contributed by atoms with Crippen LogP contribution in [0.2, 0.25) is 0 Å². The van der Waals surface area contributed by atoms with Crippen molar-refractivity contribution in [1.82, 2.24) is 19.9 Å². The minimum absolute atomic E-state index is 0.833. The van der Waals surface area contributed by atoms with Crippen LogP contribution in [-0.4, -0.2) is 48.4 Å². The minimum atomic E-state index is 0.833. The molecule has 0 spiro atoms. The van der Waals surface area contributed by atoms with Gasteiger partial charge in [0.25, 0.3) is 0 Å². The molecule has 0 aliphatic carbocycles. The summed E-state index contributed by atoms with van der Waals surface area (Å²) in [5.41, 5.74) is 20.0. The lowest BCUT2D eigenvalue weighted by Crippen LogP contribution is -1.96. The van der Waals surface area contributed by atoms with E-state index >= 15 is 0 Å². The molecule has 116 heavy (non-hydrogen) atoms. The van der Waals surface area contributed by atoms with E-state index in [1.807, 2.05) is 28.4 Å². The zero-order valence-electron chi connectivity index (χ0n) is 74.7. The van der Waals surface area contributed by atoms with Gasteiger partial charge in [0.1, 0.15) is 23.0 Å². The summed E-state index contributed by atoms with van der Waals surface area (Å²) in [5.74, 6) is 3.33. The highest BCUT2D eigenvalue weighted by Crippen LogP contribution is 2.45. The fourth-order valence-corrected chi connectivity index (χ4v) is 18.1. The first-order valence-electron chi connectivity index (χ1n) is 48.2. The van der Waals surface area contributed by atoms with E-state index in [1.54, 1.807) is 0 Å². The predicted octanol–water partition coefficient (Wildman–Crippen LogP) is 33.9. The van der Waals surface area contributed by atoms with Crippen molar-refractivity contribution in [3.8, 4) is 67.5 Å². The molecule has 8 heteroatoms. The number of nitrogens with zero attached hydrogens (tertiary/aromatic N) is 2. The number of aromatic amines is 2. The Labute approximate surface area is 706 Å². The summed E-state index contributed by atoms with van der Waals surface area (Å²) in [6.45, 7) is 9.22. The summed E-state index contributed by atoms with van der Waals surface area (Å²) in [4.78, 5) is 19.8. The van der Waals surface area contributed by atoms with Crippen LogP contribution >= 0.6 is 0 Å². The standard InChI is InChI=1S/C108H158N4O4/c1-9-13-17-21-25-29-33-37-41-45-49-53-57-61-85-65-69-89(101(81-85)113-5)105-93-73-75-95(109-93)106(90-70-66-86(82-102(90)114-6)62-58-54-50-46-42-38-34-30-26-22-18-14-10-2)97-77-79-99(111-97)108(92-72-68-88(84-104(92)116-8)64-60-56-52-48-44-40-36-32-28-24-20-16-12-4)100-80-78-98(112-100)107(96-76-74-94(105)110-96)91-71-67-87(83-103(91)115-7)63-59-55-51-47-43-39-35-31-27-23-19-15-11-3/h65-84,109,112H,9-64H2,1-8H3. The fourth-order valence-electron chi connectivity index (χ4n) is 18.1. The summed E-state index contributed by atoms with van der Waals surface area (Å²) in [6.07, 6.45) is 82.6. The SMILES string of the molecule is CCCCCCCCCCCCCCCc1ccc(-c2c3nc(c(-c4ccc(CCCCCCCCCCCCCCC)cc4OC)c4ccc([nH]4)c(-c4ccc(CCCCCCCCCCCCCCC)cc4OC)c4nc(c(-c5ccc(CCCCCCCCCCCCCCC)cc5OC)c5ccc2[nH]5)C=C4)C=C3)c(OC)c1. The zero-order valence-corrected chi connectivity index (χ0v) is 74.7. The highest BCUT2D eigenvalue weighted by atomic mass is 16.5. The van der Waals surface area contributed by atoms with E-state index in [2.05, 4.69) is 159 Å². The van der Waals surface area contributed by atoms with Crippen LogP contribution in [0.4, 0.5) is 0 Å². The lowest BCUT2D eigenvalue weighted by atomic mass is 9.98. The topological polar surface area (TPSA) is 94.3 Å². The maximum Gasteiger partial charge on any atom is 0.127 e. The molecule has 7 aromatic rings. The molecule has 4 aromatic carbocycles. The first-order valence-corrected chi connectivity index (χ1v) is 48.2. The molecule has 3 aromatic heterocycles. The summed E-state index contributed by atoms with van der Waals surface area (Å²) in [6, 6.07) is 36.5. The molecular weight excluding hydrogens is 1420 g/mol. The smallest absolute Gasteiger partial charge is 0.127 e. The third kappa shape index (κ3) is 30.8. The Hall–Kier alpha value is -7.32. The maximum atomic E-state index is 6.54. The average Bonchev–Trinajstić information content (AvgIpc) is 1.59. The van der Waals surface area contributed by atoms with Gasteiger partial charge in [0.2, 0.25) is 0 Å². The minimum Gasteiger partial charge on any atom is -0.496 e. The summed E-state index contributed by atoms with van der Waals surface area (Å²) in [7, 11) is 7.30. The number of methoxy groups -OCH3 is 4. The molecule has 8 bridgehead atoms. The average molecular weight is 1580 g/mol. The molecule has 2 aliphatic heterocycles. The van der Waals surface area contributed by atoms with Crippen LogP contribution < -0.4 is 18.9 Å². The lowest BCUT2D eigenvalue weighted by molar-refractivity contribution is 0.415. The van der Waals surface area contributed by atoms with Crippen LogP contribution in [0.3, 0.4) is 0 Å². The summed E-state index contributed by atoms with van der Waals surface area (Å²) < 4.78 is 26.2. The van der Waals surface area contributed by atoms with Crippen molar-refractivity contribution in [2.45, 2.75) is 387 Å². The summed E-state index contributed by atoms with van der Waals surface area (Å²) in [5, 5.41) is 0. The Morgan fingerprint density at radius 2 is 0.371 bits per heavy atom. The molecule has 0 saturated carbocycles. The maximum absolute atomic E-state index is 6.54. The Kier molecular flexibility index (Phi) is 44.2. The molecule has 2 N–H and O–H groups in total. The molecule has 0 fully saturated rings. The molecule has 0 amide bonds. The molecule has 9 rings (SSSR count). The van der Waals surface area contributed by atoms with Gasteiger partial charge in [-0.15, -0.1) is 0 Å². The lowest BCUT2D eigenvalue weighted by Gasteiger charge is -2.14. The van der Waals surface area contributed by atoms with E-state index in [9.17, 15) is 0 Å². The number of rotatable bonds is 64. The van der Waals surface area contributed by atoms with Crippen LogP contribution in [0.5, 0.6) is 23.0 Å². The van der Waals surface area contributed by atoms with Crippen LogP contribution in [0, 0.1) is 0 Å². The largest absolute Gasteiger partial charge is 0.496 e. The molecule has 0 saturated heterocycles. The van der Waals surface area contributed by atoms with E-state index in [1.165, 1.54) is 330 Å². The Morgan fingerprint density at radius 1 is 0.207 bits per heavy atom. The van der Waals surface area contributed by atoms with Gasteiger partial charge in [-0.25, -0.2) is 9.97 Å². The van der Waals surface area contributed by atoms with Crippen LogP contribution in [-0.2, 0) is 25.7 Å². The Balaban J connectivity index is 1.09. The van der Waals surface area contributed by atoms with Gasteiger partial charge in [-0.05, 0) is 146 Å². The van der Waals surface area contributed by atoms with Crippen LogP contribution in [0.15, 0.2) is 97.1 Å². The van der Waals surface area contributed by atoms with E-state index in [0.717, 1.165) is 164 Å². The van der Waals surface area contributed by atoms with Gasteiger partial charge in [0.05, 0.1) is 51.2 Å². The second-order valence-electron chi connectivity index (χ2n) is 34.6. The quantitative estimate of drug-likeness (QED) is 0.0369. The number of aryl methyl sites for hydroxylation is 4. The van der Waals surface area contributed by atoms with Crippen molar-refractivity contribution in [3.05, 3.63) is 142 Å². The van der Waals surface area contributed by atoms with Crippen LogP contribution in [0.25, 0.3) is 90.9 Å². The number of hydrogen-bond donors (Lipinski definition) is 2. The second-order valence-corrected chi connectivity index (χ2v) is 34.6. The van der Waals surface area contributed by atoms with Crippen molar-refractivity contribution in [2.75, 3.05) is 28.4 Å². The predicted molar refractivity (Wildman–Crippen MR) is 504 cm³/mol. The van der Waals surface area contributed by atoms with Crippen LogP contribution in [0.1, 0.15) is 407 Å². The van der Waals surface area contributed by atoms with Gasteiger partial charge in [0.15, 0.2) is 0 Å². The molecule has 0 atom stereocenters. The van der Waals surface area contributed by atoms with Gasteiger partial charge in [-0.3, -0.25) is 0 Å². The Morgan fingerprint density at radius 3 is 0.534 bits per heavy atom. The molecule has 8 nitrogen and oxygen atoms in total. The molecule has 0 radical (unpaired) electrons. The van der Waals surface area contributed by atoms with Crippen molar-refractivity contribution >= 4 is 46.4 Å². The van der Waals surface area contributed by atoms with E-state index in [-0.39, 0.29) is 0 Å². The highest BCUT2D eigenvalue weighted by molar-refractivity contribution is 6.02. The van der Waals surface area contributed by atoms with Gasteiger partial charge in [-0.1, -0.05) is 384 Å². The van der Waals surface area contributed by atoms with Gasteiger partial charge >= 0.3 is 0 Å². The van der Waals surface area contributed by atoms with Crippen molar-refractivity contribution in [3.63, 3.8) is 0 Å². The molecular formula is C108H158N4O4. The third-order valence-corrected chi connectivity index (χ3v) is 25.2. The van der Waals surface area contributed by atoms with E-state index in [0.29, 0.717) is 0 Å². The van der Waals surface area contributed by atoms with Crippen molar-refractivity contribution in [2.24, 2.45) is 0 Å².